The van der Waals surface area contributed by atoms with Crippen molar-refractivity contribution in [2.75, 3.05) is 0 Å². The molecule has 0 amide bonds. The Labute approximate surface area is 74.6 Å². The molecule has 0 heterocycles. The normalized spacial score (nSPS) is 19.9. The van der Waals surface area contributed by atoms with E-state index in [0.717, 1.165) is 5.92 Å². The van der Waals surface area contributed by atoms with Crippen LogP contribution in [0.25, 0.3) is 0 Å². The number of unbranched alkanes of at least 4 members (excludes halogenated alkanes) is 1. The van der Waals surface area contributed by atoms with E-state index in [1.807, 2.05) is 0 Å². The van der Waals surface area contributed by atoms with E-state index in [1.54, 1.807) is 5.56 Å². The van der Waals surface area contributed by atoms with Crippen molar-refractivity contribution in [3.05, 3.63) is 35.4 Å². The molecule has 0 radical (unpaired) electrons. The fourth-order valence-corrected chi connectivity index (χ4v) is 2.10. The van der Waals surface area contributed by atoms with Crippen LogP contribution >= 0.6 is 0 Å². The Bertz CT molecular complexity index is 262. The van der Waals surface area contributed by atoms with Gasteiger partial charge in [-0.3, -0.25) is 0 Å². The average Bonchev–Trinajstić information content (AvgIpc) is 2.38. The Balaban J connectivity index is 2.03. The predicted molar refractivity (Wildman–Crippen MR) is 52.4 cm³/mol. The minimum absolute atomic E-state index is 0.843. The molecule has 1 aromatic rings. The van der Waals surface area contributed by atoms with Gasteiger partial charge in [0, 0.05) is 0 Å². The molecule has 12 heavy (non-hydrogen) atoms. The molecule has 0 heteroatoms. The van der Waals surface area contributed by atoms with Crippen LogP contribution in [0.3, 0.4) is 0 Å². The first kappa shape index (κ1) is 7.85. The molecule has 0 spiro atoms. The van der Waals surface area contributed by atoms with Gasteiger partial charge >= 0.3 is 0 Å². The first-order valence-corrected chi connectivity index (χ1v) is 4.99. The zero-order valence-electron chi connectivity index (χ0n) is 7.72. The number of hydrogen-bond acceptors (Lipinski definition) is 0. The van der Waals surface area contributed by atoms with Gasteiger partial charge in [0.1, 0.15) is 0 Å². The molecule has 0 aromatic heterocycles. The number of hydrogen-bond donors (Lipinski definition) is 0. The lowest BCUT2D eigenvalue weighted by molar-refractivity contribution is 0.599. The van der Waals surface area contributed by atoms with Crippen LogP contribution in [-0.4, -0.2) is 0 Å². The van der Waals surface area contributed by atoms with Crippen molar-refractivity contribution in [3.63, 3.8) is 0 Å². The maximum absolute atomic E-state index is 2.36. The third-order valence-electron chi connectivity index (χ3n) is 2.81. The largest absolute Gasteiger partial charge is 0.0654 e. The van der Waals surface area contributed by atoms with Gasteiger partial charge in [-0.1, -0.05) is 44.0 Å². The van der Waals surface area contributed by atoms with Crippen molar-refractivity contribution in [2.24, 2.45) is 0 Å². The zero-order valence-corrected chi connectivity index (χ0v) is 7.72. The number of fused-ring (bicyclic) bond motifs is 2. The second-order valence-corrected chi connectivity index (χ2v) is 3.79. The second kappa shape index (κ2) is 3.30. The Morgan fingerprint density at radius 3 is 3.08 bits per heavy atom. The predicted octanol–water partition coefficient (Wildman–Crippen LogP) is 3.52. The van der Waals surface area contributed by atoms with Crippen LogP contribution in [0, 0.1) is 0 Å². The molecule has 1 atom stereocenters. The Morgan fingerprint density at radius 1 is 1.42 bits per heavy atom. The van der Waals surface area contributed by atoms with Crippen molar-refractivity contribution in [3.8, 4) is 0 Å². The van der Waals surface area contributed by atoms with Crippen LogP contribution < -0.4 is 0 Å². The van der Waals surface area contributed by atoms with Crippen molar-refractivity contribution < 1.29 is 0 Å². The lowest BCUT2D eigenvalue weighted by atomic mass is 9.97. The van der Waals surface area contributed by atoms with Gasteiger partial charge in [-0.15, -0.1) is 0 Å². The van der Waals surface area contributed by atoms with Gasteiger partial charge in [0.15, 0.2) is 0 Å². The highest BCUT2D eigenvalue weighted by molar-refractivity contribution is 5.34. The van der Waals surface area contributed by atoms with E-state index in [4.69, 9.17) is 0 Å². The number of rotatable bonds is 3. The molecule has 0 saturated carbocycles. The SMILES string of the molecule is CCCCC1Cc2cccc1c2. The van der Waals surface area contributed by atoms with E-state index in [0.29, 0.717) is 0 Å². The van der Waals surface area contributed by atoms with Crippen LogP contribution in [0.15, 0.2) is 24.3 Å². The molecule has 1 aliphatic carbocycles. The standard InChI is InChI=1S/C12H16/c1-2-3-6-11-8-10-5-4-7-12(11)9-10/h4-5,7,9,11H,2-3,6,8H2,1H3. The molecule has 1 aliphatic rings. The third-order valence-corrected chi connectivity index (χ3v) is 2.81. The van der Waals surface area contributed by atoms with E-state index < -0.39 is 0 Å². The van der Waals surface area contributed by atoms with Crippen LogP contribution in [-0.2, 0) is 6.42 Å². The molecule has 0 saturated heterocycles. The molecule has 2 bridgehead atoms. The van der Waals surface area contributed by atoms with E-state index in [1.165, 1.54) is 31.2 Å². The topological polar surface area (TPSA) is 0 Å². The minimum Gasteiger partial charge on any atom is -0.0654 e. The Hall–Kier alpha value is -0.780. The lowest BCUT2D eigenvalue weighted by Gasteiger charge is -2.08. The summed E-state index contributed by atoms with van der Waals surface area (Å²) in [4.78, 5) is 0. The van der Waals surface area contributed by atoms with Gasteiger partial charge in [-0.2, -0.15) is 0 Å². The first-order valence-electron chi connectivity index (χ1n) is 4.99. The van der Waals surface area contributed by atoms with E-state index in [2.05, 4.69) is 31.2 Å². The fraction of sp³-hybridized carbons (Fsp3) is 0.500. The van der Waals surface area contributed by atoms with Gasteiger partial charge in [-0.25, -0.2) is 0 Å². The lowest BCUT2D eigenvalue weighted by Crippen LogP contribution is -1.94. The van der Waals surface area contributed by atoms with E-state index in [-0.39, 0.29) is 0 Å². The molecule has 0 aliphatic heterocycles. The van der Waals surface area contributed by atoms with Gasteiger partial charge in [0.05, 0.1) is 0 Å². The maximum atomic E-state index is 2.36. The van der Waals surface area contributed by atoms with Crippen LogP contribution in [0.1, 0.15) is 43.2 Å². The quantitative estimate of drug-likeness (QED) is 0.634. The average molecular weight is 160 g/mol. The fourth-order valence-electron chi connectivity index (χ4n) is 2.10. The van der Waals surface area contributed by atoms with Crippen LogP contribution in [0.4, 0.5) is 0 Å². The molecule has 64 valence electrons. The monoisotopic (exact) mass is 160 g/mol. The second-order valence-electron chi connectivity index (χ2n) is 3.79. The first-order chi connectivity index (χ1) is 5.90. The van der Waals surface area contributed by atoms with Crippen molar-refractivity contribution in [1.82, 2.24) is 0 Å². The van der Waals surface area contributed by atoms with Crippen molar-refractivity contribution in [1.29, 1.82) is 0 Å². The summed E-state index contributed by atoms with van der Waals surface area (Å²) in [6, 6.07) is 9.07. The Kier molecular flexibility index (Phi) is 2.16. The van der Waals surface area contributed by atoms with Crippen LogP contribution in [0.2, 0.25) is 0 Å². The van der Waals surface area contributed by atoms with Crippen molar-refractivity contribution in [2.45, 2.75) is 38.5 Å². The molecular formula is C12H16. The molecule has 0 N–H and O–H groups in total. The van der Waals surface area contributed by atoms with Crippen LogP contribution in [0.5, 0.6) is 0 Å². The summed E-state index contributed by atoms with van der Waals surface area (Å²) >= 11 is 0. The molecular weight excluding hydrogens is 144 g/mol. The summed E-state index contributed by atoms with van der Waals surface area (Å²) in [6.45, 7) is 2.27. The summed E-state index contributed by atoms with van der Waals surface area (Å²) < 4.78 is 0. The summed E-state index contributed by atoms with van der Waals surface area (Å²) in [5, 5.41) is 0. The summed E-state index contributed by atoms with van der Waals surface area (Å²) in [5.74, 6) is 0.843. The smallest absolute Gasteiger partial charge is 0.0121 e. The number of benzene rings is 1. The highest BCUT2D eigenvalue weighted by atomic mass is 14.2. The van der Waals surface area contributed by atoms with Gasteiger partial charge in [-0.05, 0) is 29.9 Å². The minimum atomic E-state index is 0.843. The summed E-state index contributed by atoms with van der Waals surface area (Å²) in [6.07, 6.45) is 5.38. The zero-order chi connectivity index (χ0) is 8.39. The van der Waals surface area contributed by atoms with Crippen molar-refractivity contribution >= 4 is 0 Å². The maximum Gasteiger partial charge on any atom is -0.0121 e. The molecule has 1 aromatic carbocycles. The molecule has 2 rings (SSSR count). The third kappa shape index (κ3) is 1.38. The summed E-state index contributed by atoms with van der Waals surface area (Å²) in [7, 11) is 0. The van der Waals surface area contributed by atoms with Gasteiger partial charge in [0.2, 0.25) is 0 Å². The molecule has 0 fully saturated rings. The van der Waals surface area contributed by atoms with Gasteiger partial charge < -0.3 is 0 Å². The highest BCUT2D eigenvalue weighted by Crippen LogP contribution is 2.32. The highest BCUT2D eigenvalue weighted by Gasteiger charge is 2.17. The summed E-state index contributed by atoms with van der Waals surface area (Å²) in [5.41, 5.74) is 3.11. The molecule has 1 unspecified atom stereocenters. The van der Waals surface area contributed by atoms with Gasteiger partial charge in [0.25, 0.3) is 0 Å². The van der Waals surface area contributed by atoms with E-state index >= 15 is 0 Å². The Morgan fingerprint density at radius 2 is 2.33 bits per heavy atom. The molecule has 0 nitrogen and oxygen atoms in total. The van der Waals surface area contributed by atoms with E-state index in [9.17, 15) is 0 Å².